The van der Waals surface area contributed by atoms with Crippen molar-refractivity contribution in [1.29, 1.82) is 0 Å². The highest BCUT2D eigenvalue weighted by molar-refractivity contribution is 5.85. The Hall–Kier alpha value is -2.30. The number of aliphatic carboxylic acids is 1. The number of aliphatic imine (C=N–C) groups is 1. The largest absolute Gasteiger partial charge is 0.480 e. The maximum Gasteiger partial charge on any atom is 0.323 e. The molecule has 0 fully saturated rings. The molecular formula is C18H23N3O2. The molecule has 0 saturated carbocycles. The van der Waals surface area contributed by atoms with Crippen LogP contribution in [0.1, 0.15) is 29.2 Å². The molecule has 2 atom stereocenters. The Morgan fingerprint density at radius 3 is 3.13 bits per heavy atom. The summed E-state index contributed by atoms with van der Waals surface area (Å²) in [5, 5.41) is 12.6. The molecule has 2 unspecified atom stereocenters. The van der Waals surface area contributed by atoms with Crippen LogP contribution in [0.2, 0.25) is 0 Å². The van der Waals surface area contributed by atoms with Gasteiger partial charge in [0, 0.05) is 6.54 Å². The predicted octanol–water partition coefficient (Wildman–Crippen LogP) is 2.13. The lowest BCUT2D eigenvalue weighted by Gasteiger charge is -2.26. The number of nitrogens with one attached hydrogen (secondary N) is 1. The third-order valence-electron chi connectivity index (χ3n) is 4.73. The summed E-state index contributed by atoms with van der Waals surface area (Å²) in [5.41, 5.74) is 4.03. The number of nitrogens with zero attached hydrogens (tertiary/aromatic N) is 2. The summed E-state index contributed by atoms with van der Waals surface area (Å²) in [5.74, 6) is 0.311. The molecule has 5 nitrogen and oxygen atoms in total. The minimum absolute atomic E-state index is 0.00858. The topological polar surface area (TPSA) is 64.9 Å². The summed E-state index contributed by atoms with van der Waals surface area (Å²) in [6.45, 7) is 7.33. The molecule has 1 aromatic carbocycles. The van der Waals surface area contributed by atoms with Crippen LogP contribution in [0.3, 0.4) is 0 Å². The zero-order valence-electron chi connectivity index (χ0n) is 13.5. The number of benzene rings is 1. The summed E-state index contributed by atoms with van der Waals surface area (Å²) in [6, 6.07) is 6.57. The molecule has 0 bridgehead atoms. The summed E-state index contributed by atoms with van der Waals surface area (Å²) in [6.07, 6.45) is 3.92. The fraction of sp³-hybridized carbons (Fsp3) is 0.444. The van der Waals surface area contributed by atoms with Gasteiger partial charge in [0.05, 0.1) is 12.6 Å². The van der Waals surface area contributed by atoms with Gasteiger partial charge >= 0.3 is 5.97 Å². The molecule has 122 valence electrons. The number of hydrogen-bond donors (Lipinski definition) is 2. The minimum Gasteiger partial charge on any atom is -0.480 e. The molecular weight excluding hydrogens is 290 g/mol. The van der Waals surface area contributed by atoms with Crippen molar-refractivity contribution in [2.45, 2.75) is 25.8 Å². The van der Waals surface area contributed by atoms with E-state index >= 15 is 0 Å². The van der Waals surface area contributed by atoms with E-state index in [1.807, 2.05) is 6.08 Å². The number of guanidine groups is 1. The molecule has 2 aliphatic rings. The Kier molecular flexibility index (Phi) is 4.37. The van der Waals surface area contributed by atoms with E-state index in [1.54, 1.807) is 4.90 Å². The number of rotatable bonds is 5. The number of allylic oxidation sites excluding steroid dienone is 1. The minimum atomic E-state index is -0.827. The van der Waals surface area contributed by atoms with Gasteiger partial charge in [-0.15, -0.1) is 6.58 Å². The van der Waals surface area contributed by atoms with E-state index < -0.39 is 5.97 Å². The van der Waals surface area contributed by atoms with Crippen LogP contribution in [0.5, 0.6) is 0 Å². The molecule has 0 saturated heterocycles. The average molecular weight is 313 g/mol. The van der Waals surface area contributed by atoms with Crippen molar-refractivity contribution in [3.63, 3.8) is 0 Å². The molecule has 1 aliphatic heterocycles. The van der Waals surface area contributed by atoms with Gasteiger partial charge < -0.3 is 15.3 Å². The van der Waals surface area contributed by atoms with E-state index in [2.05, 4.69) is 42.0 Å². The number of carboxylic acid groups (broad SMARTS) is 1. The Morgan fingerprint density at radius 1 is 1.57 bits per heavy atom. The molecule has 2 N–H and O–H groups in total. The number of aryl methyl sites for hydroxylation is 1. The van der Waals surface area contributed by atoms with Crippen LogP contribution in [-0.2, 0) is 11.2 Å². The SMILES string of the molecule is C=CCC1Cc2c(C)cccc2C1NC1=NCCN1CC(=O)O. The first-order valence-corrected chi connectivity index (χ1v) is 8.07. The van der Waals surface area contributed by atoms with Gasteiger partial charge in [0.2, 0.25) is 0 Å². The molecule has 0 spiro atoms. The Bertz CT molecular complexity index is 654. The number of carbonyl (C=O) groups is 1. The molecule has 1 aliphatic carbocycles. The number of carboxylic acids is 1. The van der Waals surface area contributed by atoms with E-state index in [1.165, 1.54) is 16.7 Å². The van der Waals surface area contributed by atoms with Gasteiger partial charge in [0.15, 0.2) is 5.96 Å². The summed E-state index contributed by atoms with van der Waals surface area (Å²) in [4.78, 5) is 17.3. The highest BCUT2D eigenvalue weighted by Crippen LogP contribution is 2.39. The summed E-state index contributed by atoms with van der Waals surface area (Å²) >= 11 is 0. The van der Waals surface area contributed by atoms with E-state index in [-0.39, 0.29) is 12.6 Å². The summed E-state index contributed by atoms with van der Waals surface area (Å²) in [7, 11) is 0. The fourth-order valence-electron chi connectivity index (χ4n) is 3.63. The van der Waals surface area contributed by atoms with Crippen LogP contribution < -0.4 is 5.32 Å². The smallest absolute Gasteiger partial charge is 0.323 e. The Balaban J connectivity index is 1.84. The first-order chi connectivity index (χ1) is 11.1. The van der Waals surface area contributed by atoms with Crippen LogP contribution >= 0.6 is 0 Å². The van der Waals surface area contributed by atoms with Crippen LogP contribution in [0.25, 0.3) is 0 Å². The van der Waals surface area contributed by atoms with E-state index in [4.69, 9.17) is 5.11 Å². The second kappa shape index (κ2) is 6.44. The normalized spacial score (nSPS) is 22.7. The lowest BCUT2D eigenvalue weighted by Crippen LogP contribution is -2.43. The van der Waals surface area contributed by atoms with Crippen molar-refractivity contribution in [3.05, 3.63) is 47.5 Å². The monoisotopic (exact) mass is 313 g/mol. The average Bonchev–Trinajstić information content (AvgIpc) is 3.07. The van der Waals surface area contributed by atoms with Crippen LogP contribution in [0.4, 0.5) is 0 Å². The summed E-state index contributed by atoms with van der Waals surface area (Å²) < 4.78 is 0. The molecule has 0 aromatic heterocycles. The lowest BCUT2D eigenvalue weighted by atomic mass is 9.97. The maximum atomic E-state index is 11.0. The van der Waals surface area contributed by atoms with Crippen molar-refractivity contribution in [3.8, 4) is 0 Å². The van der Waals surface area contributed by atoms with Gasteiger partial charge in [-0.3, -0.25) is 9.79 Å². The van der Waals surface area contributed by atoms with Crippen molar-refractivity contribution >= 4 is 11.9 Å². The van der Waals surface area contributed by atoms with Gasteiger partial charge in [0.1, 0.15) is 6.54 Å². The van der Waals surface area contributed by atoms with Crippen molar-refractivity contribution in [2.24, 2.45) is 10.9 Å². The third-order valence-corrected chi connectivity index (χ3v) is 4.73. The second-order valence-corrected chi connectivity index (χ2v) is 6.27. The van der Waals surface area contributed by atoms with Gasteiger partial charge in [-0.2, -0.15) is 0 Å². The second-order valence-electron chi connectivity index (χ2n) is 6.27. The predicted molar refractivity (Wildman–Crippen MR) is 90.6 cm³/mol. The van der Waals surface area contributed by atoms with E-state index in [0.717, 1.165) is 12.8 Å². The molecule has 0 amide bonds. The zero-order valence-corrected chi connectivity index (χ0v) is 13.5. The number of hydrogen-bond acceptors (Lipinski definition) is 4. The van der Waals surface area contributed by atoms with Crippen molar-refractivity contribution < 1.29 is 9.90 Å². The van der Waals surface area contributed by atoms with Crippen LogP contribution in [-0.4, -0.2) is 41.6 Å². The quantitative estimate of drug-likeness (QED) is 0.817. The number of fused-ring (bicyclic) bond motifs is 1. The first kappa shape index (κ1) is 15.6. The zero-order chi connectivity index (χ0) is 16.4. The molecule has 23 heavy (non-hydrogen) atoms. The molecule has 1 aromatic rings. The molecule has 5 heteroatoms. The van der Waals surface area contributed by atoms with Gasteiger partial charge in [0.25, 0.3) is 0 Å². The highest BCUT2D eigenvalue weighted by atomic mass is 16.4. The van der Waals surface area contributed by atoms with Crippen LogP contribution in [0.15, 0.2) is 35.8 Å². The molecule has 1 heterocycles. The van der Waals surface area contributed by atoms with E-state index in [9.17, 15) is 4.79 Å². The van der Waals surface area contributed by atoms with E-state index in [0.29, 0.717) is 25.0 Å². The fourth-order valence-corrected chi connectivity index (χ4v) is 3.63. The molecule has 3 rings (SSSR count). The third kappa shape index (κ3) is 3.09. The highest BCUT2D eigenvalue weighted by Gasteiger charge is 2.34. The van der Waals surface area contributed by atoms with Crippen molar-refractivity contribution in [2.75, 3.05) is 19.6 Å². The van der Waals surface area contributed by atoms with Crippen molar-refractivity contribution in [1.82, 2.24) is 10.2 Å². The Labute approximate surface area is 136 Å². The lowest BCUT2D eigenvalue weighted by molar-refractivity contribution is -0.137. The van der Waals surface area contributed by atoms with Crippen LogP contribution in [0, 0.1) is 12.8 Å². The van der Waals surface area contributed by atoms with Gasteiger partial charge in [-0.25, -0.2) is 0 Å². The first-order valence-electron chi connectivity index (χ1n) is 8.07. The Morgan fingerprint density at radius 2 is 2.39 bits per heavy atom. The molecule has 0 radical (unpaired) electrons. The van der Waals surface area contributed by atoms with Gasteiger partial charge in [-0.05, 0) is 42.4 Å². The maximum absolute atomic E-state index is 11.0. The standard InChI is InChI=1S/C18H23N3O2/c1-3-5-13-10-15-12(2)6-4-7-14(15)17(13)20-18-19-8-9-21(18)11-16(22)23/h3-4,6-7,13,17H,1,5,8-11H2,2H3,(H,19,20)(H,22,23). The van der Waals surface area contributed by atoms with Gasteiger partial charge in [-0.1, -0.05) is 24.3 Å².